The van der Waals surface area contributed by atoms with Crippen LogP contribution in [0, 0.1) is 0 Å². The van der Waals surface area contributed by atoms with Crippen LogP contribution in [0.4, 0.5) is 0 Å². The lowest BCUT2D eigenvalue weighted by molar-refractivity contribution is 0.193. The zero-order chi connectivity index (χ0) is 8.97. The van der Waals surface area contributed by atoms with Crippen molar-refractivity contribution in [3.8, 4) is 0 Å². The highest BCUT2D eigenvalue weighted by Crippen LogP contribution is 2.09. The SMILES string of the molecule is CCN1CCC[C@H](NC(C)C)C1. The Morgan fingerprint density at radius 2 is 2.25 bits per heavy atom. The Balaban J connectivity index is 2.25. The van der Waals surface area contributed by atoms with E-state index in [4.69, 9.17) is 0 Å². The van der Waals surface area contributed by atoms with Gasteiger partial charge in [-0.2, -0.15) is 0 Å². The van der Waals surface area contributed by atoms with Gasteiger partial charge in [0.25, 0.3) is 0 Å². The van der Waals surface area contributed by atoms with Gasteiger partial charge in [-0.15, -0.1) is 0 Å². The van der Waals surface area contributed by atoms with Crippen LogP contribution in [-0.2, 0) is 0 Å². The molecule has 2 heteroatoms. The van der Waals surface area contributed by atoms with Gasteiger partial charge in [0, 0.05) is 18.6 Å². The molecule has 0 bridgehead atoms. The topological polar surface area (TPSA) is 15.3 Å². The number of piperidine rings is 1. The van der Waals surface area contributed by atoms with Crippen molar-refractivity contribution in [1.82, 2.24) is 10.2 Å². The van der Waals surface area contributed by atoms with Gasteiger partial charge in [0.05, 0.1) is 0 Å². The molecule has 0 aromatic heterocycles. The van der Waals surface area contributed by atoms with Crippen molar-refractivity contribution >= 4 is 0 Å². The van der Waals surface area contributed by atoms with E-state index in [9.17, 15) is 0 Å². The Morgan fingerprint density at radius 1 is 1.50 bits per heavy atom. The standard InChI is InChI=1S/C10H22N2/c1-4-12-7-5-6-10(8-12)11-9(2)3/h9-11H,4-8H2,1-3H3/t10-/m0/s1. The fourth-order valence-electron chi connectivity index (χ4n) is 1.95. The number of likely N-dealkylation sites (tertiary alicyclic amines) is 1. The summed E-state index contributed by atoms with van der Waals surface area (Å²) in [5.74, 6) is 0. The van der Waals surface area contributed by atoms with Gasteiger partial charge in [0.15, 0.2) is 0 Å². The van der Waals surface area contributed by atoms with Gasteiger partial charge in [0.1, 0.15) is 0 Å². The summed E-state index contributed by atoms with van der Waals surface area (Å²) in [5.41, 5.74) is 0. The molecule has 1 N–H and O–H groups in total. The third-order valence-corrected chi connectivity index (χ3v) is 2.52. The Morgan fingerprint density at radius 3 is 2.83 bits per heavy atom. The molecule has 1 heterocycles. The van der Waals surface area contributed by atoms with Crippen LogP contribution in [0.25, 0.3) is 0 Å². The molecule has 0 aromatic carbocycles. The van der Waals surface area contributed by atoms with E-state index in [-0.39, 0.29) is 0 Å². The fraction of sp³-hybridized carbons (Fsp3) is 1.00. The normalized spacial score (nSPS) is 26.5. The number of hydrogen-bond acceptors (Lipinski definition) is 2. The fourth-order valence-corrected chi connectivity index (χ4v) is 1.95. The minimum absolute atomic E-state index is 0.631. The molecule has 1 fully saturated rings. The van der Waals surface area contributed by atoms with Crippen molar-refractivity contribution in [3.05, 3.63) is 0 Å². The highest BCUT2D eigenvalue weighted by Gasteiger charge is 2.18. The summed E-state index contributed by atoms with van der Waals surface area (Å²) >= 11 is 0. The van der Waals surface area contributed by atoms with Gasteiger partial charge in [-0.05, 0) is 25.9 Å². The second-order valence-electron chi connectivity index (χ2n) is 4.05. The molecule has 0 unspecified atom stereocenters. The Bertz CT molecular complexity index is 123. The van der Waals surface area contributed by atoms with Crippen molar-refractivity contribution in [3.63, 3.8) is 0 Å². The van der Waals surface area contributed by atoms with E-state index in [1.807, 2.05) is 0 Å². The average Bonchev–Trinajstić information content (AvgIpc) is 2.03. The van der Waals surface area contributed by atoms with Crippen LogP contribution in [0.5, 0.6) is 0 Å². The number of rotatable bonds is 3. The first-order valence-corrected chi connectivity index (χ1v) is 5.20. The van der Waals surface area contributed by atoms with Crippen LogP contribution in [-0.4, -0.2) is 36.6 Å². The third kappa shape index (κ3) is 3.11. The summed E-state index contributed by atoms with van der Waals surface area (Å²) in [6.07, 6.45) is 2.72. The van der Waals surface area contributed by atoms with Gasteiger partial charge >= 0.3 is 0 Å². The molecule has 2 nitrogen and oxygen atoms in total. The molecule has 0 aliphatic carbocycles. The molecule has 0 amide bonds. The first-order chi connectivity index (χ1) is 5.72. The second kappa shape index (κ2) is 4.83. The lowest BCUT2D eigenvalue weighted by Crippen LogP contribution is -2.47. The smallest absolute Gasteiger partial charge is 0.0197 e. The predicted molar refractivity (Wildman–Crippen MR) is 53.4 cm³/mol. The molecule has 12 heavy (non-hydrogen) atoms. The molecule has 1 atom stereocenters. The zero-order valence-corrected chi connectivity index (χ0v) is 8.64. The monoisotopic (exact) mass is 170 g/mol. The van der Waals surface area contributed by atoms with Crippen LogP contribution in [0.2, 0.25) is 0 Å². The summed E-state index contributed by atoms with van der Waals surface area (Å²) in [5, 5.41) is 3.60. The van der Waals surface area contributed by atoms with Gasteiger partial charge in [-0.1, -0.05) is 20.8 Å². The van der Waals surface area contributed by atoms with Crippen molar-refractivity contribution < 1.29 is 0 Å². The number of hydrogen-bond donors (Lipinski definition) is 1. The molecule has 1 aliphatic rings. The van der Waals surface area contributed by atoms with Gasteiger partial charge in [0.2, 0.25) is 0 Å². The summed E-state index contributed by atoms with van der Waals surface area (Å²) in [6, 6.07) is 1.37. The van der Waals surface area contributed by atoms with Crippen LogP contribution >= 0.6 is 0 Å². The lowest BCUT2D eigenvalue weighted by atomic mass is 10.1. The average molecular weight is 170 g/mol. The molecular weight excluding hydrogens is 148 g/mol. The lowest BCUT2D eigenvalue weighted by Gasteiger charge is -2.33. The summed E-state index contributed by atoms with van der Waals surface area (Å²) in [7, 11) is 0. The first-order valence-electron chi connectivity index (χ1n) is 5.20. The van der Waals surface area contributed by atoms with E-state index in [0.717, 1.165) is 6.04 Å². The van der Waals surface area contributed by atoms with Gasteiger partial charge in [-0.25, -0.2) is 0 Å². The van der Waals surface area contributed by atoms with Crippen molar-refractivity contribution in [2.45, 2.75) is 45.7 Å². The van der Waals surface area contributed by atoms with Crippen LogP contribution in [0.3, 0.4) is 0 Å². The predicted octanol–water partition coefficient (Wildman–Crippen LogP) is 1.47. The molecule has 0 radical (unpaired) electrons. The van der Waals surface area contributed by atoms with E-state index in [0.29, 0.717) is 6.04 Å². The maximum Gasteiger partial charge on any atom is 0.0197 e. The molecule has 1 saturated heterocycles. The summed E-state index contributed by atoms with van der Waals surface area (Å²) < 4.78 is 0. The van der Waals surface area contributed by atoms with E-state index in [1.54, 1.807) is 0 Å². The largest absolute Gasteiger partial charge is 0.311 e. The van der Waals surface area contributed by atoms with E-state index in [1.165, 1.54) is 32.5 Å². The quantitative estimate of drug-likeness (QED) is 0.690. The molecule has 0 spiro atoms. The van der Waals surface area contributed by atoms with Gasteiger partial charge < -0.3 is 10.2 Å². The highest BCUT2D eigenvalue weighted by atomic mass is 15.2. The highest BCUT2D eigenvalue weighted by molar-refractivity contribution is 4.78. The minimum atomic E-state index is 0.631. The van der Waals surface area contributed by atoms with Crippen LogP contribution in [0.15, 0.2) is 0 Å². The van der Waals surface area contributed by atoms with Crippen molar-refractivity contribution in [2.24, 2.45) is 0 Å². The maximum absolute atomic E-state index is 3.60. The Labute approximate surface area is 76.3 Å². The number of nitrogens with one attached hydrogen (secondary N) is 1. The molecule has 0 saturated carbocycles. The summed E-state index contributed by atoms with van der Waals surface area (Å²) in [4.78, 5) is 2.53. The molecular formula is C10H22N2. The Hall–Kier alpha value is -0.0800. The first kappa shape index (κ1) is 10.0. The molecule has 1 aliphatic heterocycles. The van der Waals surface area contributed by atoms with Gasteiger partial charge in [-0.3, -0.25) is 0 Å². The third-order valence-electron chi connectivity index (χ3n) is 2.52. The minimum Gasteiger partial charge on any atom is -0.311 e. The zero-order valence-electron chi connectivity index (χ0n) is 8.64. The Kier molecular flexibility index (Phi) is 4.02. The second-order valence-corrected chi connectivity index (χ2v) is 4.05. The molecule has 0 aromatic rings. The van der Waals surface area contributed by atoms with E-state index >= 15 is 0 Å². The van der Waals surface area contributed by atoms with E-state index in [2.05, 4.69) is 31.0 Å². The van der Waals surface area contributed by atoms with Crippen molar-refractivity contribution in [1.29, 1.82) is 0 Å². The van der Waals surface area contributed by atoms with Crippen LogP contribution in [0.1, 0.15) is 33.6 Å². The van der Waals surface area contributed by atoms with E-state index < -0.39 is 0 Å². The van der Waals surface area contributed by atoms with Crippen molar-refractivity contribution in [2.75, 3.05) is 19.6 Å². The molecule has 1 rings (SSSR count). The number of likely N-dealkylation sites (N-methyl/N-ethyl adjacent to an activating group) is 1. The van der Waals surface area contributed by atoms with Crippen LogP contribution < -0.4 is 5.32 Å². The number of nitrogens with zero attached hydrogens (tertiary/aromatic N) is 1. The summed E-state index contributed by atoms with van der Waals surface area (Å²) in [6.45, 7) is 10.4. The maximum atomic E-state index is 3.60. The molecule has 72 valence electrons.